The van der Waals surface area contributed by atoms with Crippen LogP contribution in [0.4, 0.5) is 5.82 Å². The maximum Gasteiger partial charge on any atom is 0.327 e. The number of carbonyl (C=O) groups excluding carboxylic acids is 1. The van der Waals surface area contributed by atoms with E-state index in [1.807, 2.05) is 42.5 Å². The summed E-state index contributed by atoms with van der Waals surface area (Å²) in [6.07, 6.45) is 3.49. The van der Waals surface area contributed by atoms with E-state index in [1.54, 1.807) is 0 Å². The third-order valence-electron chi connectivity index (χ3n) is 6.26. The number of aryl methyl sites for hydroxylation is 3. The van der Waals surface area contributed by atoms with Gasteiger partial charge in [-0.2, -0.15) is 0 Å². The monoisotopic (exact) mass is 456 g/mol. The molecule has 0 saturated carbocycles. The Labute approximate surface area is 190 Å². The molecule has 0 radical (unpaired) electrons. The lowest BCUT2D eigenvalue weighted by Gasteiger charge is -2.39. The number of ether oxygens (including phenoxy) is 1. The van der Waals surface area contributed by atoms with Crippen molar-refractivity contribution in [1.82, 2.24) is 14.9 Å². The summed E-state index contributed by atoms with van der Waals surface area (Å²) in [4.78, 5) is 29.3. The van der Waals surface area contributed by atoms with E-state index >= 15 is 0 Å². The molecule has 5 rings (SSSR count). The first kappa shape index (κ1) is 20.7. The second-order valence-electron chi connectivity index (χ2n) is 8.10. The first-order valence-corrected chi connectivity index (χ1v) is 11.9. The molecule has 1 saturated heterocycles. The number of methoxy groups -OCH3 is 1. The molecule has 8 heteroatoms. The van der Waals surface area contributed by atoms with Crippen molar-refractivity contribution in [3.63, 3.8) is 0 Å². The Morgan fingerprint density at radius 2 is 1.94 bits per heavy atom. The lowest BCUT2D eigenvalue weighted by molar-refractivity contribution is -0.147. The second kappa shape index (κ2) is 8.37. The molecule has 31 heavy (non-hydrogen) atoms. The Balaban J connectivity index is 1.43. The molecule has 3 heterocycles. The summed E-state index contributed by atoms with van der Waals surface area (Å²) in [5, 5.41) is 1.83. The van der Waals surface area contributed by atoms with Crippen LogP contribution < -0.4 is 4.90 Å². The molecule has 1 fully saturated rings. The van der Waals surface area contributed by atoms with E-state index in [1.165, 1.54) is 29.4 Å². The lowest BCUT2D eigenvalue weighted by Crippen LogP contribution is -2.50. The van der Waals surface area contributed by atoms with E-state index in [4.69, 9.17) is 26.3 Å². The van der Waals surface area contributed by atoms with Gasteiger partial charge in [0.15, 0.2) is 0 Å². The lowest BCUT2D eigenvalue weighted by atomic mass is 10.0. The topological polar surface area (TPSA) is 58.6 Å². The van der Waals surface area contributed by atoms with Gasteiger partial charge in [-0.3, -0.25) is 4.90 Å². The van der Waals surface area contributed by atoms with Crippen molar-refractivity contribution in [3.8, 4) is 0 Å². The fourth-order valence-electron chi connectivity index (χ4n) is 4.78. The number of aromatic nitrogens is 2. The number of benzene rings is 1. The molecule has 1 aliphatic heterocycles. The number of carbonyl (C=O) groups is 1. The van der Waals surface area contributed by atoms with Gasteiger partial charge in [-0.25, -0.2) is 14.8 Å². The number of piperazine rings is 1. The second-order valence-corrected chi connectivity index (χ2v) is 9.59. The normalized spacial score (nSPS) is 17.7. The summed E-state index contributed by atoms with van der Waals surface area (Å²) in [6, 6.07) is 7.01. The minimum absolute atomic E-state index is 0.280. The molecule has 0 amide bonds. The molecule has 0 N–H and O–H groups in total. The number of nitrogens with zero attached hydrogens (tertiary/aromatic N) is 4. The summed E-state index contributed by atoms with van der Waals surface area (Å²) in [5.41, 5.74) is 2.24. The predicted octanol–water partition coefficient (Wildman–Crippen LogP) is 4.18. The summed E-state index contributed by atoms with van der Waals surface area (Å²) in [5.74, 6) is 1.58. The van der Waals surface area contributed by atoms with Crippen LogP contribution in [0, 0.1) is 6.92 Å². The van der Waals surface area contributed by atoms with Crippen molar-refractivity contribution >= 4 is 44.9 Å². The number of hydrogen-bond acceptors (Lipinski definition) is 7. The fourth-order valence-corrected chi connectivity index (χ4v) is 6.32. The van der Waals surface area contributed by atoms with Gasteiger partial charge in [-0.15, -0.1) is 11.3 Å². The Morgan fingerprint density at radius 1 is 1.16 bits per heavy atom. The summed E-state index contributed by atoms with van der Waals surface area (Å²) >= 11 is 8.25. The molecule has 162 valence electrons. The van der Waals surface area contributed by atoms with Crippen LogP contribution in [0.25, 0.3) is 10.2 Å². The van der Waals surface area contributed by atoms with Gasteiger partial charge < -0.3 is 9.64 Å². The molecular formula is C23H25ClN4O2S. The van der Waals surface area contributed by atoms with Gasteiger partial charge in [0.05, 0.1) is 12.5 Å². The predicted molar refractivity (Wildman–Crippen MR) is 124 cm³/mol. The van der Waals surface area contributed by atoms with Crippen LogP contribution >= 0.6 is 22.9 Å². The zero-order valence-corrected chi connectivity index (χ0v) is 19.3. The number of esters is 1. The van der Waals surface area contributed by atoms with E-state index in [-0.39, 0.29) is 5.97 Å². The van der Waals surface area contributed by atoms with E-state index < -0.39 is 6.04 Å². The van der Waals surface area contributed by atoms with Gasteiger partial charge in [-0.1, -0.05) is 29.8 Å². The van der Waals surface area contributed by atoms with Crippen molar-refractivity contribution in [2.24, 2.45) is 0 Å². The Bertz CT molecular complexity index is 1140. The molecule has 1 aliphatic carbocycles. The molecule has 1 aromatic carbocycles. The van der Waals surface area contributed by atoms with Gasteiger partial charge >= 0.3 is 5.97 Å². The van der Waals surface area contributed by atoms with Crippen LogP contribution in [0.3, 0.4) is 0 Å². The van der Waals surface area contributed by atoms with Crippen molar-refractivity contribution in [3.05, 3.63) is 51.1 Å². The molecule has 6 nitrogen and oxygen atoms in total. The van der Waals surface area contributed by atoms with Gasteiger partial charge in [-0.05, 0) is 43.4 Å². The first-order chi connectivity index (χ1) is 15.1. The zero-order chi connectivity index (χ0) is 21.5. The highest BCUT2D eigenvalue weighted by atomic mass is 35.5. The molecular weight excluding hydrogens is 432 g/mol. The third kappa shape index (κ3) is 3.69. The summed E-state index contributed by atoms with van der Waals surface area (Å²) in [6.45, 7) is 4.99. The number of rotatable bonds is 4. The minimum Gasteiger partial charge on any atom is -0.468 e. The molecule has 2 aromatic heterocycles. The van der Waals surface area contributed by atoms with Gasteiger partial charge in [0, 0.05) is 36.1 Å². The molecule has 0 bridgehead atoms. The smallest absolute Gasteiger partial charge is 0.327 e. The Morgan fingerprint density at radius 3 is 2.68 bits per heavy atom. The molecule has 3 aromatic rings. The summed E-state index contributed by atoms with van der Waals surface area (Å²) in [7, 11) is 1.43. The number of thiophene rings is 1. The van der Waals surface area contributed by atoms with Crippen LogP contribution in [0.1, 0.15) is 34.3 Å². The van der Waals surface area contributed by atoms with Crippen LogP contribution in [-0.2, 0) is 22.4 Å². The van der Waals surface area contributed by atoms with Crippen molar-refractivity contribution in [2.45, 2.75) is 32.2 Å². The average molecular weight is 457 g/mol. The van der Waals surface area contributed by atoms with Crippen molar-refractivity contribution < 1.29 is 9.53 Å². The highest BCUT2D eigenvalue weighted by Crippen LogP contribution is 2.41. The van der Waals surface area contributed by atoms with Crippen molar-refractivity contribution in [1.29, 1.82) is 0 Å². The van der Waals surface area contributed by atoms with Crippen LogP contribution in [0.15, 0.2) is 24.3 Å². The summed E-state index contributed by atoms with van der Waals surface area (Å²) < 4.78 is 5.13. The van der Waals surface area contributed by atoms with E-state index in [2.05, 4.69) is 9.80 Å². The van der Waals surface area contributed by atoms with Crippen LogP contribution in [0.5, 0.6) is 0 Å². The van der Waals surface area contributed by atoms with E-state index in [9.17, 15) is 4.79 Å². The molecule has 0 spiro atoms. The quantitative estimate of drug-likeness (QED) is 0.549. The number of hydrogen-bond donors (Lipinski definition) is 0. The average Bonchev–Trinajstić information content (AvgIpc) is 3.36. The first-order valence-electron chi connectivity index (χ1n) is 10.7. The fraction of sp³-hybridized carbons (Fsp3) is 0.435. The maximum atomic E-state index is 12.7. The Hall–Kier alpha value is -2.22. The third-order valence-corrected chi connectivity index (χ3v) is 7.79. The zero-order valence-electron chi connectivity index (χ0n) is 17.7. The molecule has 0 unspecified atom stereocenters. The van der Waals surface area contributed by atoms with Crippen LogP contribution in [-0.4, -0.2) is 54.1 Å². The van der Waals surface area contributed by atoms with Gasteiger partial charge in [0.1, 0.15) is 22.5 Å². The van der Waals surface area contributed by atoms with E-state index in [0.29, 0.717) is 5.02 Å². The highest BCUT2D eigenvalue weighted by molar-refractivity contribution is 7.19. The van der Waals surface area contributed by atoms with Crippen LogP contribution in [0.2, 0.25) is 5.02 Å². The standard InChI is InChI=1S/C23H25ClN4O2S/c1-14-25-21(19-16-7-5-9-18(16)31-22(19)26-14)28-12-10-27(11-13-28)20(23(29)30-2)15-6-3-4-8-17(15)24/h3-4,6,8,20H,5,7,9-13H2,1-2H3/t20-/m1/s1. The van der Waals surface area contributed by atoms with Gasteiger partial charge in [0.2, 0.25) is 0 Å². The Kier molecular flexibility index (Phi) is 5.58. The minimum atomic E-state index is -0.501. The maximum absolute atomic E-state index is 12.7. The SMILES string of the molecule is COC(=O)[C@@H](c1ccccc1Cl)N1CCN(c2nc(C)nc3sc4c(c23)CCC4)CC1. The highest BCUT2D eigenvalue weighted by Gasteiger charge is 2.34. The van der Waals surface area contributed by atoms with Gasteiger partial charge in [0.25, 0.3) is 0 Å². The largest absolute Gasteiger partial charge is 0.468 e. The number of halogens is 1. The number of anilines is 1. The molecule has 2 aliphatic rings. The van der Waals surface area contributed by atoms with Crippen molar-refractivity contribution in [2.75, 3.05) is 38.2 Å². The number of fused-ring (bicyclic) bond motifs is 3. The molecule has 1 atom stereocenters. The van der Waals surface area contributed by atoms with E-state index in [0.717, 1.165) is 61.1 Å².